The Morgan fingerprint density at radius 1 is 1.14 bits per heavy atom. The van der Waals surface area contributed by atoms with E-state index in [4.69, 9.17) is 4.74 Å². The number of benzene rings is 1. The summed E-state index contributed by atoms with van der Waals surface area (Å²) in [6.45, 7) is 3.16. The van der Waals surface area contributed by atoms with E-state index in [-0.39, 0.29) is 24.3 Å². The zero-order valence-corrected chi connectivity index (χ0v) is 15.9. The molecular formula is C19H18F3NO4S. The molecule has 5 nitrogen and oxygen atoms in total. The van der Waals surface area contributed by atoms with Crippen LogP contribution in [0.3, 0.4) is 0 Å². The second-order valence-electron chi connectivity index (χ2n) is 6.03. The predicted octanol–water partition coefficient (Wildman–Crippen LogP) is 4.61. The van der Waals surface area contributed by atoms with Crippen molar-refractivity contribution in [1.82, 2.24) is 0 Å². The highest BCUT2D eigenvalue weighted by Gasteiger charge is 2.30. The summed E-state index contributed by atoms with van der Waals surface area (Å²) < 4.78 is 43.1. The molecule has 1 heterocycles. The smallest absolute Gasteiger partial charge is 0.416 e. The van der Waals surface area contributed by atoms with Gasteiger partial charge in [0.15, 0.2) is 11.9 Å². The number of ether oxygens (including phenoxy) is 1. The second kappa shape index (κ2) is 9.01. The van der Waals surface area contributed by atoms with Gasteiger partial charge < -0.3 is 10.1 Å². The van der Waals surface area contributed by atoms with Gasteiger partial charge in [-0.1, -0.05) is 6.07 Å². The first-order valence-corrected chi connectivity index (χ1v) is 9.15. The summed E-state index contributed by atoms with van der Waals surface area (Å²) in [5.74, 6) is -1.71. The third-order valence-electron chi connectivity index (χ3n) is 3.71. The predicted molar refractivity (Wildman–Crippen MR) is 98.2 cm³/mol. The van der Waals surface area contributed by atoms with Gasteiger partial charge in [-0.2, -0.15) is 13.2 Å². The summed E-state index contributed by atoms with van der Waals surface area (Å²) in [5, 5.41) is 2.27. The molecule has 0 radical (unpaired) electrons. The molecule has 1 aromatic carbocycles. The minimum atomic E-state index is -4.54. The first-order chi connectivity index (χ1) is 13.1. The fourth-order valence-corrected chi connectivity index (χ4v) is 3.08. The topological polar surface area (TPSA) is 72.5 Å². The minimum Gasteiger partial charge on any atom is -0.453 e. The number of rotatable bonds is 7. The van der Waals surface area contributed by atoms with Gasteiger partial charge in [0, 0.05) is 17.0 Å². The van der Waals surface area contributed by atoms with Crippen molar-refractivity contribution in [3.05, 3.63) is 51.7 Å². The van der Waals surface area contributed by atoms with E-state index in [1.165, 1.54) is 24.3 Å². The molecule has 0 aliphatic heterocycles. The number of alkyl halides is 3. The van der Waals surface area contributed by atoms with Gasteiger partial charge in [0.2, 0.25) is 0 Å². The molecule has 1 N–H and O–H groups in total. The SMILES string of the molecule is Cc1ccc(C(=O)CCC(=O)O[C@H](C)C(=O)Nc2cccc(C(F)(F)F)c2)s1. The number of anilines is 1. The largest absolute Gasteiger partial charge is 0.453 e. The minimum absolute atomic E-state index is 0.0548. The summed E-state index contributed by atoms with van der Waals surface area (Å²) in [7, 11) is 0. The third kappa shape index (κ3) is 6.19. The zero-order chi connectivity index (χ0) is 20.9. The molecule has 2 aromatic rings. The van der Waals surface area contributed by atoms with Crippen LogP contribution >= 0.6 is 11.3 Å². The van der Waals surface area contributed by atoms with Gasteiger partial charge in [0.1, 0.15) is 0 Å². The number of hydrogen-bond acceptors (Lipinski definition) is 5. The third-order valence-corrected chi connectivity index (χ3v) is 4.75. The average Bonchev–Trinajstić information content (AvgIpc) is 3.05. The Kier molecular flexibility index (Phi) is 6.95. The van der Waals surface area contributed by atoms with Crippen LogP contribution in [0.15, 0.2) is 36.4 Å². The van der Waals surface area contributed by atoms with E-state index in [1.54, 1.807) is 12.1 Å². The van der Waals surface area contributed by atoms with Crippen LogP contribution in [0.4, 0.5) is 18.9 Å². The van der Waals surface area contributed by atoms with E-state index in [0.29, 0.717) is 4.88 Å². The Hall–Kier alpha value is -2.68. The molecule has 0 aliphatic rings. The van der Waals surface area contributed by atoms with Crippen molar-refractivity contribution in [3.63, 3.8) is 0 Å². The van der Waals surface area contributed by atoms with E-state index >= 15 is 0 Å². The van der Waals surface area contributed by atoms with E-state index in [9.17, 15) is 27.6 Å². The number of carbonyl (C=O) groups excluding carboxylic acids is 3. The highest BCUT2D eigenvalue weighted by Crippen LogP contribution is 2.30. The van der Waals surface area contributed by atoms with Crippen LogP contribution in [0.2, 0.25) is 0 Å². The van der Waals surface area contributed by atoms with E-state index in [1.807, 2.05) is 6.92 Å². The van der Waals surface area contributed by atoms with Crippen LogP contribution in [-0.2, 0) is 20.5 Å². The zero-order valence-electron chi connectivity index (χ0n) is 15.1. The van der Waals surface area contributed by atoms with Crippen LogP contribution in [0.5, 0.6) is 0 Å². The number of nitrogens with one attached hydrogen (secondary N) is 1. The molecule has 0 unspecified atom stereocenters. The van der Waals surface area contributed by atoms with Crippen molar-refractivity contribution in [2.45, 2.75) is 39.0 Å². The Bertz CT molecular complexity index is 876. The maximum Gasteiger partial charge on any atom is 0.416 e. The van der Waals surface area contributed by atoms with Crippen molar-refractivity contribution in [3.8, 4) is 0 Å². The molecule has 9 heteroatoms. The second-order valence-corrected chi connectivity index (χ2v) is 7.32. The van der Waals surface area contributed by atoms with Crippen molar-refractivity contribution in [1.29, 1.82) is 0 Å². The van der Waals surface area contributed by atoms with E-state index in [2.05, 4.69) is 5.32 Å². The standard InChI is InChI=1S/C19H18F3NO4S/c1-11-6-8-16(28-11)15(24)7-9-17(25)27-12(2)18(26)23-14-5-3-4-13(10-14)19(20,21)22/h3-6,8,10,12H,7,9H2,1-2H3,(H,23,26)/t12-/m1/s1. The van der Waals surface area contributed by atoms with Gasteiger partial charge >= 0.3 is 12.1 Å². The van der Waals surface area contributed by atoms with Gasteiger partial charge in [0.25, 0.3) is 5.91 Å². The summed E-state index contributed by atoms with van der Waals surface area (Å²) in [6.07, 6.45) is -6.01. The van der Waals surface area contributed by atoms with Crippen LogP contribution in [0.25, 0.3) is 0 Å². The summed E-state index contributed by atoms with van der Waals surface area (Å²) in [6, 6.07) is 7.60. The number of ketones is 1. The van der Waals surface area contributed by atoms with Crippen molar-refractivity contribution >= 4 is 34.7 Å². The van der Waals surface area contributed by atoms with Gasteiger partial charge in [-0.15, -0.1) is 11.3 Å². The molecule has 0 saturated heterocycles. The van der Waals surface area contributed by atoms with Gasteiger partial charge in [0.05, 0.1) is 16.9 Å². The van der Waals surface area contributed by atoms with Crippen LogP contribution in [0, 0.1) is 6.92 Å². The highest BCUT2D eigenvalue weighted by molar-refractivity contribution is 7.14. The number of aryl methyl sites for hydroxylation is 1. The monoisotopic (exact) mass is 413 g/mol. The van der Waals surface area contributed by atoms with E-state index in [0.717, 1.165) is 23.1 Å². The van der Waals surface area contributed by atoms with E-state index < -0.39 is 29.7 Å². The number of thiophene rings is 1. The van der Waals surface area contributed by atoms with Crippen molar-refractivity contribution < 1.29 is 32.3 Å². The fraction of sp³-hybridized carbons (Fsp3) is 0.316. The first-order valence-electron chi connectivity index (χ1n) is 8.33. The van der Waals surface area contributed by atoms with Gasteiger partial charge in [-0.05, 0) is 44.2 Å². The lowest BCUT2D eigenvalue weighted by atomic mass is 10.2. The van der Waals surface area contributed by atoms with Gasteiger partial charge in [-0.3, -0.25) is 14.4 Å². The quantitative estimate of drug-likeness (QED) is 0.532. The maximum atomic E-state index is 12.7. The summed E-state index contributed by atoms with van der Waals surface area (Å²) in [4.78, 5) is 37.4. The number of carbonyl (C=O) groups is 3. The molecule has 28 heavy (non-hydrogen) atoms. The maximum absolute atomic E-state index is 12.7. The lowest BCUT2D eigenvalue weighted by Crippen LogP contribution is -2.30. The molecule has 0 spiro atoms. The average molecular weight is 413 g/mol. The van der Waals surface area contributed by atoms with Gasteiger partial charge in [-0.25, -0.2) is 0 Å². The van der Waals surface area contributed by atoms with Crippen molar-refractivity contribution in [2.75, 3.05) is 5.32 Å². The molecule has 1 aromatic heterocycles. The van der Waals surface area contributed by atoms with Crippen LogP contribution < -0.4 is 5.32 Å². The number of esters is 1. The van der Waals surface area contributed by atoms with Crippen LogP contribution in [0.1, 0.15) is 39.9 Å². The molecule has 0 saturated carbocycles. The first kappa shape index (κ1) is 21.6. The normalized spacial score (nSPS) is 12.3. The number of Topliss-reactive ketones (excluding diaryl/α,β-unsaturated/α-hetero) is 1. The molecule has 2 rings (SSSR count). The Balaban J connectivity index is 1.84. The molecule has 1 amide bonds. The fourth-order valence-electron chi connectivity index (χ4n) is 2.25. The Labute approximate surface area is 163 Å². The van der Waals surface area contributed by atoms with Crippen molar-refractivity contribution in [2.24, 2.45) is 0 Å². The van der Waals surface area contributed by atoms with Crippen LogP contribution in [-0.4, -0.2) is 23.8 Å². The molecule has 0 fully saturated rings. The molecular weight excluding hydrogens is 395 g/mol. The highest BCUT2D eigenvalue weighted by atomic mass is 32.1. The number of amides is 1. The Morgan fingerprint density at radius 3 is 2.46 bits per heavy atom. The molecule has 0 aliphatic carbocycles. The lowest BCUT2D eigenvalue weighted by Gasteiger charge is -2.14. The number of hydrogen-bond donors (Lipinski definition) is 1. The summed E-state index contributed by atoms with van der Waals surface area (Å²) in [5.41, 5.74) is -0.969. The summed E-state index contributed by atoms with van der Waals surface area (Å²) >= 11 is 1.32. The Morgan fingerprint density at radius 2 is 1.86 bits per heavy atom. The number of halogens is 3. The molecule has 150 valence electrons. The molecule has 1 atom stereocenters. The lowest BCUT2D eigenvalue weighted by molar-refractivity contribution is -0.153. The molecule has 0 bridgehead atoms.